The van der Waals surface area contributed by atoms with Gasteiger partial charge in [0.15, 0.2) is 5.96 Å². The number of hydrogen-bond acceptors (Lipinski definition) is 3. The van der Waals surface area contributed by atoms with E-state index in [0.29, 0.717) is 25.6 Å². The Morgan fingerprint density at radius 3 is 2.83 bits per heavy atom. The van der Waals surface area contributed by atoms with E-state index < -0.39 is 0 Å². The van der Waals surface area contributed by atoms with E-state index in [1.165, 1.54) is 24.8 Å². The highest BCUT2D eigenvalue weighted by Crippen LogP contribution is 2.17. The summed E-state index contributed by atoms with van der Waals surface area (Å²) < 4.78 is 0. The molecule has 0 unspecified atom stereocenters. The van der Waals surface area contributed by atoms with Crippen molar-refractivity contribution in [3.8, 4) is 0 Å². The van der Waals surface area contributed by atoms with Crippen molar-refractivity contribution in [2.75, 3.05) is 13.1 Å². The second-order valence-electron chi connectivity index (χ2n) is 5.91. The zero-order chi connectivity index (χ0) is 16.3. The smallest absolute Gasteiger partial charge is 0.221 e. The van der Waals surface area contributed by atoms with E-state index in [9.17, 15) is 4.79 Å². The van der Waals surface area contributed by atoms with Crippen LogP contribution in [-0.4, -0.2) is 31.0 Å². The minimum absolute atomic E-state index is 0.137. The van der Waals surface area contributed by atoms with E-state index in [4.69, 9.17) is 0 Å². The van der Waals surface area contributed by atoms with E-state index in [2.05, 4.69) is 37.8 Å². The van der Waals surface area contributed by atoms with Crippen molar-refractivity contribution in [1.29, 1.82) is 0 Å². The molecular weight excluding hydrogens is 308 g/mol. The van der Waals surface area contributed by atoms with Crippen LogP contribution in [0.3, 0.4) is 0 Å². The van der Waals surface area contributed by atoms with Gasteiger partial charge in [-0.05, 0) is 42.2 Å². The fourth-order valence-corrected chi connectivity index (χ4v) is 3.40. The minimum atomic E-state index is 0.137. The average Bonchev–Trinajstić information content (AvgIpc) is 3.07. The Bertz CT molecular complexity index is 481. The van der Waals surface area contributed by atoms with E-state index >= 15 is 0 Å². The fourth-order valence-electron chi connectivity index (χ4n) is 2.74. The van der Waals surface area contributed by atoms with Crippen molar-refractivity contribution in [3.05, 3.63) is 22.4 Å². The van der Waals surface area contributed by atoms with Crippen molar-refractivity contribution in [2.45, 2.75) is 58.0 Å². The highest BCUT2D eigenvalue weighted by Gasteiger charge is 2.15. The van der Waals surface area contributed by atoms with Gasteiger partial charge in [-0.25, -0.2) is 4.99 Å². The molecule has 128 valence electrons. The van der Waals surface area contributed by atoms with Crippen LogP contribution in [0.5, 0.6) is 0 Å². The Kier molecular flexibility index (Phi) is 7.93. The summed E-state index contributed by atoms with van der Waals surface area (Å²) in [5, 5.41) is 13.7. The molecule has 1 heterocycles. The van der Waals surface area contributed by atoms with Gasteiger partial charge in [0.1, 0.15) is 0 Å². The number of hydrogen-bond donors (Lipinski definition) is 3. The molecule has 1 aliphatic carbocycles. The maximum Gasteiger partial charge on any atom is 0.221 e. The van der Waals surface area contributed by atoms with Crippen molar-refractivity contribution in [3.63, 3.8) is 0 Å². The van der Waals surface area contributed by atoms with Gasteiger partial charge in [0.05, 0.1) is 6.54 Å². The van der Waals surface area contributed by atoms with Crippen LogP contribution in [0.15, 0.2) is 21.8 Å². The van der Waals surface area contributed by atoms with Crippen molar-refractivity contribution in [1.82, 2.24) is 16.0 Å². The Morgan fingerprint density at radius 1 is 1.30 bits per heavy atom. The molecular formula is C17H28N4OS. The van der Waals surface area contributed by atoms with E-state index in [-0.39, 0.29) is 5.91 Å². The van der Waals surface area contributed by atoms with Crippen LogP contribution in [0.25, 0.3) is 0 Å². The minimum Gasteiger partial charge on any atom is -0.357 e. The number of thiophene rings is 1. The third-order valence-electron chi connectivity index (χ3n) is 3.96. The summed E-state index contributed by atoms with van der Waals surface area (Å²) in [6.07, 6.45) is 6.53. The van der Waals surface area contributed by atoms with Crippen LogP contribution in [0.4, 0.5) is 0 Å². The molecule has 0 bridgehead atoms. The second kappa shape index (κ2) is 10.3. The topological polar surface area (TPSA) is 65.5 Å². The maximum atomic E-state index is 12.0. The van der Waals surface area contributed by atoms with Gasteiger partial charge in [-0.2, -0.15) is 11.3 Å². The lowest BCUT2D eigenvalue weighted by Gasteiger charge is -2.22. The maximum absolute atomic E-state index is 12.0. The molecule has 0 aliphatic heterocycles. The van der Waals surface area contributed by atoms with Crippen LogP contribution in [0, 0.1) is 0 Å². The number of nitrogens with zero attached hydrogens (tertiary/aromatic N) is 1. The first-order valence-corrected chi connectivity index (χ1v) is 9.55. The second-order valence-corrected chi connectivity index (χ2v) is 6.69. The van der Waals surface area contributed by atoms with Crippen LogP contribution in [-0.2, 0) is 11.3 Å². The van der Waals surface area contributed by atoms with Gasteiger partial charge in [-0.3, -0.25) is 4.79 Å². The standard InChI is InChI=1S/C17H28N4OS/c1-2-18-17(20-12-14-9-11-23-13-14)19-10-8-16(22)21-15-6-4-3-5-7-15/h9,11,13,15H,2-8,10,12H2,1H3,(H,21,22)(H2,18,19,20). The van der Waals surface area contributed by atoms with Crippen LogP contribution >= 0.6 is 11.3 Å². The van der Waals surface area contributed by atoms with E-state index in [0.717, 1.165) is 25.3 Å². The quantitative estimate of drug-likeness (QED) is 0.530. The molecule has 1 saturated carbocycles. The molecule has 6 heteroatoms. The summed E-state index contributed by atoms with van der Waals surface area (Å²) in [5.74, 6) is 0.905. The SMILES string of the molecule is CCNC(=NCc1ccsc1)NCCC(=O)NC1CCCCC1. The lowest BCUT2D eigenvalue weighted by molar-refractivity contribution is -0.121. The molecule has 2 rings (SSSR count). The van der Waals surface area contributed by atoms with Gasteiger partial charge in [-0.1, -0.05) is 19.3 Å². The lowest BCUT2D eigenvalue weighted by atomic mass is 9.95. The summed E-state index contributed by atoms with van der Waals surface area (Å²) in [7, 11) is 0. The molecule has 23 heavy (non-hydrogen) atoms. The third kappa shape index (κ3) is 7.03. The Labute approximate surface area is 143 Å². The summed E-state index contributed by atoms with van der Waals surface area (Å²) in [4.78, 5) is 16.5. The molecule has 1 amide bonds. The van der Waals surface area contributed by atoms with Gasteiger partial charge >= 0.3 is 0 Å². The monoisotopic (exact) mass is 336 g/mol. The molecule has 3 N–H and O–H groups in total. The molecule has 5 nitrogen and oxygen atoms in total. The molecule has 0 radical (unpaired) electrons. The van der Waals surface area contributed by atoms with Gasteiger partial charge < -0.3 is 16.0 Å². The zero-order valence-corrected chi connectivity index (χ0v) is 14.8. The third-order valence-corrected chi connectivity index (χ3v) is 4.69. The fraction of sp³-hybridized carbons (Fsp3) is 0.647. The number of nitrogens with one attached hydrogen (secondary N) is 3. The lowest BCUT2D eigenvalue weighted by Crippen LogP contribution is -2.41. The largest absolute Gasteiger partial charge is 0.357 e. The Morgan fingerprint density at radius 2 is 2.13 bits per heavy atom. The van der Waals surface area contributed by atoms with Crippen LogP contribution in [0.2, 0.25) is 0 Å². The molecule has 0 saturated heterocycles. The van der Waals surface area contributed by atoms with Gasteiger partial charge in [0.25, 0.3) is 0 Å². The molecule has 1 aliphatic rings. The highest BCUT2D eigenvalue weighted by atomic mass is 32.1. The number of carbonyl (C=O) groups is 1. The first kappa shape index (κ1) is 17.8. The van der Waals surface area contributed by atoms with Crippen molar-refractivity contribution < 1.29 is 4.79 Å². The molecule has 0 atom stereocenters. The van der Waals surface area contributed by atoms with Gasteiger partial charge in [-0.15, -0.1) is 0 Å². The summed E-state index contributed by atoms with van der Waals surface area (Å²) in [5.41, 5.74) is 1.21. The molecule has 1 aromatic rings. The van der Waals surface area contributed by atoms with Crippen molar-refractivity contribution >= 4 is 23.2 Å². The highest BCUT2D eigenvalue weighted by molar-refractivity contribution is 7.07. The number of aliphatic imine (C=N–C) groups is 1. The van der Waals surface area contributed by atoms with E-state index in [1.54, 1.807) is 11.3 Å². The molecule has 1 fully saturated rings. The number of guanidine groups is 1. The summed E-state index contributed by atoms with van der Waals surface area (Å²) >= 11 is 1.68. The van der Waals surface area contributed by atoms with Crippen molar-refractivity contribution in [2.24, 2.45) is 4.99 Å². The first-order valence-electron chi connectivity index (χ1n) is 8.60. The predicted octanol–water partition coefficient (Wildman–Crippen LogP) is 2.64. The molecule has 0 spiro atoms. The van der Waals surface area contributed by atoms with Crippen LogP contribution in [0.1, 0.15) is 51.0 Å². The normalized spacial score (nSPS) is 16.1. The summed E-state index contributed by atoms with van der Waals surface area (Å²) in [6.45, 7) is 4.11. The summed E-state index contributed by atoms with van der Waals surface area (Å²) in [6, 6.07) is 2.46. The van der Waals surface area contributed by atoms with Gasteiger partial charge in [0.2, 0.25) is 5.91 Å². The zero-order valence-electron chi connectivity index (χ0n) is 13.9. The van der Waals surface area contributed by atoms with Crippen LogP contribution < -0.4 is 16.0 Å². The predicted molar refractivity (Wildman–Crippen MR) is 96.8 cm³/mol. The number of amides is 1. The molecule has 1 aromatic heterocycles. The Balaban J connectivity index is 1.68. The molecule has 0 aromatic carbocycles. The van der Waals surface area contributed by atoms with E-state index in [1.807, 2.05) is 6.92 Å². The first-order chi connectivity index (χ1) is 11.3. The average molecular weight is 337 g/mol. The van der Waals surface area contributed by atoms with Gasteiger partial charge in [0, 0.05) is 25.6 Å². The Hall–Kier alpha value is -1.56. The number of rotatable bonds is 7. The number of carbonyl (C=O) groups excluding carboxylic acids is 1.